The van der Waals surface area contributed by atoms with Crippen molar-refractivity contribution in [3.8, 4) is 0 Å². The minimum absolute atomic E-state index is 0.0747. The Hall–Kier alpha value is -2.67. The fraction of sp³-hybridized carbons (Fsp3) is 0.476. The van der Waals surface area contributed by atoms with Crippen molar-refractivity contribution in [2.75, 3.05) is 31.2 Å². The van der Waals surface area contributed by atoms with E-state index < -0.39 is 0 Å². The number of carbonyl (C=O) groups is 1. The Bertz CT molecular complexity index is 870. The molecule has 1 aromatic heterocycles. The lowest BCUT2D eigenvalue weighted by Crippen LogP contribution is -2.38. The Kier molecular flexibility index (Phi) is 6.46. The van der Waals surface area contributed by atoms with Gasteiger partial charge in [0.15, 0.2) is 0 Å². The van der Waals surface area contributed by atoms with Crippen molar-refractivity contribution in [1.29, 1.82) is 0 Å². The maximum absolute atomic E-state index is 12.5. The van der Waals surface area contributed by atoms with Crippen molar-refractivity contribution in [2.24, 2.45) is 0 Å². The maximum atomic E-state index is 12.5. The van der Waals surface area contributed by atoms with E-state index in [1.54, 1.807) is 0 Å². The molecule has 28 heavy (non-hydrogen) atoms. The zero-order valence-electron chi connectivity index (χ0n) is 16.7. The Morgan fingerprint density at radius 3 is 2.57 bits per heavy atom. The molecule has 7 heteroatoms. The summed E-state index contributed by atoms with van der Waals surface area (Å²) in [6, 6.07) is 8.02. The molecule has 1 atom stereocenters. The highest BCUT2D eigenvalue weighted by Crippen LogP contribution is 2.14. The summed E-state index contributed by atoms with van der Waals surface area (Å²) in [6.07, 6.45) is 0.614. The SMILES string of the molecule is Cc1ccc(C(C)NC(=O)CCc2c(C)nc(N3CCOCC3)[nH]c2=O)cc1. The number of hydrogen-bond acceptors (Lipinski definition) is 5. The van der Waals surface area contributed by atoms with Crippen LogP contribution in [0.25, 0.3) is 0 Å². The molecule has 1 aromatic carbocycles. The number of carbonyl (C=O) groups excluding carboxylic acids is 1. The fourth-order valence-electron chi connectivity index (χ4n) is 3.31. The summed E-state index contributed by atoms with van der Waals surface area (Å²) in [4.78, 5) is 34.2. The van der Waals surface area contributed by atoms with Gasteiger partial charge in [-0.3, -0.25) is 14.6 Å². The van der Waals surface area contributed by atoms with Gasteiger partial charge in [0.2, 0.25) is 11.9 Å². The van der Waals surface area contributed by atoms with Crippen molar-refractivity contribution in [1.82, 2.24) is 15.3 Å². The van der Waals surface area contributed by atoms with Crippen molar-refractivity contribution < 1.29 is 9.53 Å². The Balaban J connectivity index is 1.59. The Morgan fingerprint density at radius 2 is 1.93 bits per heavy atom. The summed E-state index contributed by atoms with van der Waals surface area (Å²) < 4.78 is 5.33. The van der Waals surface area contributed by atoms with Crippen molar-refractivity contribution in [3.05, 3.63) is 57.0 Å². The Labute approximate surface area is 165 Å². The molecular formula is C21H28N4O3. The van der Waals surface area contributed by atoms with Crippen LogP contribution in [0.4, 0.5) is 5.95 Å². The first kappa shape index (κ1) is 20.1. The van der Waals surface area contributed by atoms with Crippen LogP contribution >= 0.6 is 0 Å². The summed E-state index contributed by atoms with van der Waals surface area (Å²) in [5, 5.41) is 2.99. The van der Waals surface area contributed by atoms with Crippen LogP contribution in [0.2, 0.25) is 0 Å². The van der Waals surface area contributed by atoms with Crippen LogP contribution in [0.1, 0.15) is 41.8 Å². The highest BCUT2D eigenvalue weighted by Gasteiger charge is 2.17. The average molecular weight is 384 g/mol. The molecule has 0 aliphatic carbocycles. The van der Waals surface area contributed by atoms with Crippen molar-refractivity contribution in [2.45, 2.75) is 39.7 Å². The molecule has 1 unspecified atom stereocenters. The first-order valence-corrected chi connectivity index (χ1v) is 9.72. The number of H-pyrrole nitrogens is 1. The van der Waals surface area contributed by atoms with Gasteiger partial charge in [-0.2, -0.15) is 0 Å². The van der Waals surface area contributed by atoms with Gasteiger partial charge in [-0.15, -0.1) is 0 Å². The molecule has 1 fully saturated rings. The second-order valence-electron chi connectivity index (χ2n) is 7.25. The predicted octanol–water partition coefficient (Wildman–Crippen LogP) is 2.03. The smallest absolute Gasteiger partial charge is 0.255 e. The lowest BCUT2D eigenvalue weighted by molar-refractivity contribution is -0.121. The molecule has 2 N–H and O–H groups in total. The molecule has 2 aromatic rings. The first-order chi connectivity index (χ1) is 13.4. The zero-order valence-corrected chi connectivity index (χ0v) is 16.7. The van der Waals surface area contributed by atoms with Gasteiger partial charge < -0.3 is 15.0 Å². The second-order valence-corrected chi connectivity index (χ2v) is 7.25. The molecule has 1 saturated heterocycles. The number of rotatable bonds is 6. The molecule has 3 rings (SSSR count). The van der Waals surface area contributed by atoms with Gasteiger partial charge in [-0.25, -0.2) is 4.98 Å². The lowest BCUT2D eigenvalue weighted by atomic mass is 10.1. The lowest BCUT2D eigenvalue weighted by Gasteiger charge is -2.27. The van der Waals surface area contributed by atoms with Gasteiger partial charge in [0.05, 0.1) is 19.3 Å². The number of ether oxygens (including phenoxy) is 1. The maximum Gasteiger partial charge on any atom is 0.255 e. The fourth-order valence-corrected chi connectivity index (χ4v) is 3.31. The van der Waals surface area contributed by atoms with Gasteiger partial charge in [0.1, 0.15) is 0 Å². The standard InChI is InChI=1S/C21H28N4O3/c1-14-4-6-17(7-5-14)15(2)22-19(26)9-8-18-16(3)23-21(24-20(18)27)25-10-12-28-13-11-25/h4-7,15H,8-13H2,1-3H3,(H,22,26)(H,23,24,27). The van der Waals surface area contributed by atoms with E-state index in [9.17, 15) is 9.59 Å². The summed E-state index contributed by atoms with van der Waals surface area (Å²) >= 11 is 0. The molecule has 1 amide bonds. The highest BCUT2D eigenvalue weighted by molar-refractivity contribution is 5.76. The van der Waals surface area contributed by atoms with Gasteiger partial charge >= 0.3 is 0 Å². The van der Waals surface area contributed by atoms with Crippen LogP contribution in [-0.2, 0) is 16.0 Å². The largest absolute Gasteiger partial charge is 0.378 e. The third-order valence-corrected chi connectivity index (χ3v) is 5.08. The quantitative estimate of drug-likeness (QED) is 0.796. The van der Waals surface area contributed by atoms with E-state index in [0.717, 1.165) is 5.56 Å². The average Bonchev–Trinajstić information content (AvgIpc) is 2.68. The van der Waals surface area contributed by atoms with E-state index in [1.165, 1.54) is 5.56 Å². The molecule has 2 heterocycles. The second kappa shape index (κ2) is 9.01. The van der Waals surface area contributed by atoms with Crippen LogP contribution in [0, 0.1) is 13.8 Å². The number of amides is 1. The van der Waals surface area contributed by atoms with E-state index in [-0.39, 0.29) is 23.9 Å². The summed E-state index contributed by atoms with van der Waals surface area (Å²) in [5.74, 6) is 0.496. The van der Waals surface area contributed by atoms with Crippen molar-refractivity contribution in [3.63, 3.8) is 0 Å². The molecule has 0 radical (unpaired) electrons. The van der Waals surface area contributed by atoms with Gasteiger partial charge in [-0.05, 0) is 32.8 Å². The number of hydrogen-bond donors (Lipinski definition) is 2. The molecule has 7 nitrogen and oxygen atoms in total. The van der Waals surface area contributed by atoms with Gasteiger partial charge in [0.25, 0.3) is 5.56 Å². The van der Waals surface area contributed by atoms with Crippen molar-refractivity contribution >= 4 is 11.9 Å². The van der Waals surface area contributed by atoms with E-state index in [0.29, 0.717) is 49.9 Å². The number of aryl methyl sites for hydroxylation is 2. The number of nitrogens with zero attached hydrogens (tertiary/aromatic N) is 2. The molecule has 0 bridgehead atoms. The van der Waals surface area contributed by atoms with Gasteiger partial charge in [0, 0.05) is 30.8 Å². The van der Waals surface area contributed by atoms with Crippen LogP contribution in [-0.4, -0.2) is 42.2 Å². The topological polar surface area (TPSA) is 87.3 Å². The normalized spacial score (nSPS) is 15.3. The van der Waals surface area contributed by atoms with E-state index in [1.807, 2.05) is 49.9 Å². The molecule has 1 aliphatic rings. The minimum Gasteiger partial charge on any atom is -0.378 e. The molecule has 0 spiro atoms. The van der Waals surface area contributed by atoms with E-state index >= 15 is 0 Å². The summed E-state index contributed by atoms with van der Waals surface area (Å²) in [5.41, 5.74) is 3.31. The van der Waals surface area contributed by atoms with Crippen LogP contribution < -0.4 is 15.8 Å². The first-order valence-electron chi connectivity index (χ1n) is 9.72. The van der Waals surface area contributed by atoms with E-state index in [4.69, 9.17) is 4.74 Å². The van der Waals surface area contributed by atoms with E-state index in [2.05, 4.69) is 15.3 Å². The molecule has 0 saturated carbocycles. The monoisotopic (exact) mass is 384 g/mol. The molecule has 150 valence electrons. The third-order valence-electron chi connectivity index (χ3n) is 5.08. The number of anilines is 1. The van der Waals surface area contributed by atoms with Crippen LogP contribution in [0.5, 0.6) is 0 Å². The third kappa shape index (κ3) is 4.98. The number of aromatic nitrogens is 2. The minimum atomic E-state index is -0.173. The zero-order chi connectivity index (χ0) is 20.1. The summed E-state index contributed by atoms with van der Waals surface area (Å²) in [7, 11) is 0. The molecular weight excluding hydrogens is 356 g/mol. The number of morpholine rings is 1. The predicted molar refractivity (Wildman–Crippen MR) is 109 cm³/mol. The Morgan fingerprint density at radius 1 is 1.25 bits per heavy atom. The highest BCUT2D eigenvalue weighted by atomic mass is 16.5. The van der Waals surface area contributed by atoms with Gasteiger partial charge in [-0.1, -0.05) is 29.8 Å². The number of benzene rings is 1. The number of aromatic amines is 1. The van der Waals surface area contributed by atoms with Crippen LogP contribution in [0.15, 0.2) is 29.1 Å². The number of nitrogens with one attached hydrogen (secondary N) is 2. The molecule has 1 aliphatic heterocycles. The van der Waals surface area contributed by atoms with Crippen LogP contribution in [0.3, 0.4) is 0 Å². The summed E-state index contributed by atoms with van der Waals surface area (Å²) in [6.45, 7) is 8.49.